The van der Waals surface area contributed by atoms with Crippen LogP contribution >= 0.6 is 0 Å². The molecule has 0 unspecified atom stereocenters. The number of hydrogen-bond donors (Lipinski definition) is 0. The smallest absolute Gasteiger partial charge is 0.166 e. The summed E-state index contributed by atoms with van der Waals surface area (Å²) < 4.78 is 35.9. The second kappa shape index (κ2) is 4.99. The van der Waals surface area contributed by atoms with E-state index in [9.17, 15) is 13.2 Å². The van der Waals surface area contributed by atoms with Gasteiger partial charge in [-0.25, -0.2) is 0 Å². The predicted octanol–water partition coefficient (Wildman–Crippen LogP) is 2.94. The molecule has 0 saturated heterocycles. The molecule has 0 aliphatic carbocycles. The minimum atomic E-state index is -4.28. The van der Waals surface area contributed by atoms with Crippen LogP contribution in [0.15, 0.2) is 24.3 Å². The summed E-state index contributed by atoms with van der Waals surface area (Å²) in [7, 11) is 0. The highest BCUT2D eigenvalue weighted by Crippen LogP contribution is 2.28. The number of terminal acetylenes is 2. The third-order valence-corrected chi connectivity index (χ3v) is 1.38. The first-order valence-electron chi connectivity index (χ1n) is 3.51. The summed E-state index contributed by atoms with van der Waals surface area (Å²) in [6.07, 6.45) is 8.69. The average Bonchev–Trinajstić information content (AvgIpc) is 2.20. The highest BCUT2D eigenvalue weighted by Gasteiger charge is 2.29. The minimum Gasteiger partial charge on any atom is -0.166 e. The first kappa shape index (κ1) is 12.1. The number of halogens is 3. The van der Waals surface area contributed by atoms with E-state index in [1.807, 2.05) is 0 Å². The molecule has 0 nitrogen and oxygen atoms in total. The van der Waals surface area contributed by atoms with Crippen molar-refractivity contribution in [2.45, 2.75) is 6.18 Å². The van der Waals surface area contributed by atoms with Crippen molar-refractivity contribution in [2.24, 2.45) is 0 Å². The van der Waals surface area contributed by atoms with E-state index >= 15 is 0 Å². The van der Waals surface area contributed by atoms with Crippen LogP contribution in [0.3, 0.4) is 0 Å². The standard InChI is InChI=1S/C9H5F3.C2H2/c1-2-7-3-5-8(6-4-7)9(10,11)12;1-2/h1,3-6H;1-2H. The van der Waals surface area contributed by atoms with Crippen LogP contribution in [0.4, 0.5) is 13.2 Å². The molecule has 0 atom stereocenters. The van der Waals surface area contributed by atoms with Gasteiger partial charge in [-0.15, -0.1) is 19.3 Å². The average molecular weight is 196 g/mol. The second-order valence-electron chi connectivity index (χ2n) is 2.22. The van der Waals surface area contributed by atoms with E-state index < -0.39 is 11.7 Å². The maximum atomic E-state index is 12.0. The molecule has 0 bridgehead atoms. The summed E-state index contributed by atoms with van der Waals surface area (Å²) in [4.78, 5) is 0. The molecule has 0 heterocycles. The maximum Gasteiger partial charge on any atom is 0.416 e. The molecular weight excluding hydrogens is 189 g/mol. The number of hydrogen-bond acceptors (Lipinski definition) is 0. The molecular formula is C11H7F3. The zero-order valence-corrected chi connectivity index (χ0v) is 7.18. The van der Waals surface area contributed by atoms with Gasteiger partial charge in [0.25, 0.3) is 0 Å². The van der Waals surface area contributed by atoms with E-state index in [0.29, 0.717) is 5.56 Å². The number of rotatable bonds is 0. The van der Waals surface area contributed by atoms with E-state index in [1.165, 1.54) is 12.1 Å². The van der Waals surface area contributed by atoms with Gasteiger partial charge in [0.05, 0.1) is 5.56 Å². The molecule has 0 spiro atoms. The molecule has 3 heteroatoms. The molecule has 0 aliphatic rings. The first-order valence-corrected chi connectivity index (χ1v) is 3.51. The molecule has 14 heavy (non-hydrogen) atoms. The summed E-state index contributed by atoms with van der Waals surface area (Å²) in [6, 6.07) is 4.47. The Morgan fingerprint density at radius 3 is 1.71 bits per heavy atom. The third-order valence-electron chi connectivity index (χ3n) is 1.38. The fourth-order valence-electron chi connectivity index (χ4n) is 0.755. The molecule has 0 saturated carbocycles. The van der Waals surface area contributed by atoms with Gasteiger partial charge in [-0.1, -0.05) is 5.92 Å². The van der Waals surface area contributed by atoms with E-state index in [4.69, 9.17) is 6.42 Å². The summed E-state index contributed by atoms with van der Waals surface area (Å²) in [6.45, 7) is 0. The van der Waals surface area contributed by atoms with Crippen molar-refractivity contribution in [3.63, 3.8) is 0 Å². The van der Waals surface area contributed by atoms with Crippen molar-refractivity contribution < 1.29 is 13.2 Å². The van der Waals surface area contributed by atoms with E-state index in [0.717, 1.165) is 12.1 Å². The summed E-state index contributed by atoms with van der Waals surface area (Å²) >= 11 is 0. The SMILES string of the molecule is C#C.C#Cc1ccc(C(F)(F)F)cc1. The topological polar surface area (TPSA) is 0 Å². The van der Waals surface area contributed by atoms with Crippen molar-refractivity contribution in [1.82, 2.24) is 0 Å². The van der Waals surface area contributed by atoms with Gasteiger partial charge >= 0.3 is 6.18 Å². The van der Waals surface area contributed by atoms with Crippen LogP contribution in [-0.4, -0.2) is 0 Å². The van der Waals surface area contributed by atoms with Crippen molar-refractivity contribution >= 4 is 0 Å². The van der Waals surface area contributed by atoms with E-state index in [1.54, 1.807) is 0 Å². The van der Waals surface area contributed by atoms with Gasteiger partial charge in [-0.3, -0.25) is 0 Å². The summed E-state index contributed by atoms with van der Waals surface area (Å²) in [5.74, 6) is 2.24. The minimum absolute atomic E-state index is 0.447. The van der Waals surface area contributed by atoms with Crippen LogP contribution in [0.25, 0.3) is 0 Å². The molecule has 72 valence electrons. The molecule has 0 fully saturated rings. The quantitative estimate of drug-likeness (QED) is 0.559. The van der Waals surface area contributed by atoms with Gasteiger partial charge < -0.3 is 0 Å². The van der Waals surface area contributed by atoms with Gasteiger partial charge in [0, 0.05) is 5.56 Å². The molecule has 0 aromatic heterocycles. The molecule has 0 radical (unpaired) electrons. The van der Waals surface area contributed by atoms with Crippen LogP contribution in [0.1, 0.15) is 11.1 Å². The molecule has 1 rings (SSSR count). The number of alkyl halides is 3. The normalized spacial score (nSPS) is 9.43. The van der Waals surface area contributed by atoms with Crippen molar-refractivity contribution in [3.8, 4) is 25.2 Å². The van der Waals surface area contributed by atoms with Crippen molar-refractivity contribution in [2.75, 3.05) is 0 Å². The van der Waals surface area contributed by atoms with Gasteiger partial charge in [0.2, 0.25) is 0 Å². The number of benzene rings is 1. The zero-order chi connectivity index (χ0) is 11.2. The lowest BCUT2D eigenvalue weighted by Gasteiger charge is -2.05. The Morgan fingerprint density at radius 2 is 1.43 bits per heavy atom. The predicted molar refractivity (Wildman–Crippen MR) is 49.3 cm³/mol. The Hall–Kier alpha value is -1.87. The Bertz CT molecular complexity index is 336. The third kappa shape index (κ3) is 3.25. The maximum absolute atomic E-state index is 12.0. The summed E-state index contributed by atoms with van der Waals surface area (Å²) in [5.41, 5.74) is -0.232. The van der Waals surface area contributed by atoms with Crippen LogP contribution in [0.5, 0.6) is 0 Å². The van der Waals surface area contributed by atoms with Crippen LogP contribution < -0.4 is 0 Å². The monoisotopic (exact) mass is 196 g/mol. The van der Waals surface area contributed by atoms with Gasteiger partial charge in [-0.05, 0) is 24.3 Å². The molecule has 0 amide bonds. The van der Waals surface area contributed by atoms with E-state index in [2.05, 4.69) is 18.8 Å². The van der Waals surface area contributed by atoms with Crippen LogP contribution in [0, 0.1) is 25.2 Å². The van der Waals surface area contributed by atoms with Gasteiger partial charge in [0.1, 0.15) is 0 Å². The van der Waals surface area contributed by atoms with Crippen molar-refractivity contribution in [3.05, 3.63) is 35.4 Å². The lowest BCUT2D eigenvalue weighted by atomic mass is 10.1. The molecule has 1 aromatic carbocycles. The second-order valence-corrected chi connectivity index (χ2v) is 2.22. The lowest BCUT2D eigenvalue weighted by molar-refractivity contribution is -0.137. The molecule has 0 N–H and O–H groups in total. The molecule has 1 aromatic rings. The van der Waals surface area contributed by atoms with Crippen molar-refractivity contribution in [1.29, 1.82) is 0 Å². The Morgan fingerprint density at radius 1 is 1.00 bits per heavy atom. The van der Waals surface area contributed by atoms with E-state index in [-0.39, 0.29) is 0 Å². The Labute approximate surface area is 80.8 Å². The fraction of sp³-hybridized carbons (Fsp3) is 0.0909. The Balaban J connectivity index is 0.000000791. The Kier molecular flexibility index (Phi) is 4.32. The molecule has 0 aliphatic heterocycles. The van der Waals surface area contributed by atoms with Crippen LogP contribution in [-0.2, 0) is 6.18 Å². The lowest BCUT2D eigenvalue weighted by Crippen LogP contribution is -2.03. The highest BCUT2D eigenvalue weighted by molar-refractivity contribution is 5.34. The zero-order valence-electron chi connectivity index (χ0n) is 7.18. The first-order chi connectivity index (χ1) is 6.54. The van der Waals surface area contributed by atoms with Gasteiger partial charge in [-0.2, -0.15) is 13.2 Å². The van der Waals surface area contributed by atoms with Crippen LogP contribution in [0.2, 0.25) is 0 Å². The van der Waals surface area contributed by atoms with Gasteiger partial charge in [0.15, 0.2) is 0 Å². The highest BCUT2D eigenvalue weighted by atomic mass is 19.4. The summed E-state index contributed by atoms with van der Waals surface area (Å²) in [5, 5.41) is 0. The largest absolute Gasteiger partial charge is 0.416 e. The fourth-order valence-corrected chi connectivity index (χ4v) is 0.755.